The van der Waals surface area contributed by atoms with Gasteiger partial charge in [-0.3, -0.25) is 4.90 Å². The van der Waals surface area contributed by atoms with Crippen LogP contribution in [0.2, 0.25) is 0 Å². The van der Waals surface area contributed by atoms with Crippen LogP contribution in [-0.4, -0.2) is 53.6 Å². The van der Waals surface area contributed by atoms with Crippen molar-refractivity contribution in [3.63, 3.8) is 0 Å². The molecule has 112 valence electrons. The number of rotatable bonds is 1. The highest BCUT2D eigenvalue weighted by Crippen LogP contribution is 2.27. The third-order valence-corrected chi connectivity index (χ3v) is 3.05. The smallest absolute Gasteiger partial charge is 0.410 e. The normalized spacial score (nSPS) is 23.1. The van der Waals surface area contributed by atoms with E-state index in [2.05, 4.69) is 0 Å². The summed E-state index contributed by atoms with van der Waals surface area (Å²) in [6.45, 7) is 12.6. The minimum atomic E-state index is -0.652. The maximum Gasteiger partial charge on any atom is 0.410 e. The Hall–Kier alpha value is -0.810. The molecule has 0 aromatic rings. The van der Waals surface area contributed by atoms with Gasteiger partial charge in [-0.25, -0.2) is 4.79 Å². The number of morpholine rings is 1. The Morgan fingerprint density at radius 1 is 1.32 bits per heavy atom. The summed E-state index contributed by atoms with van der Waals surface area (Å²) in [4.78, 5) is 13.8. The van der Waals surface area contributed by atoms with E-state index in [4.69, 9.17) is 9.47 Å². The van der Waals surface area contributed by atoms with Crippen LogP contribution in [0.5, 0.6) is 0 Å². The lowest BCUT2D eigenvalue weighted by Crippen LogP contribution is -2.58. The summed E-state index contributed by atoms with van der Waals surface area (Å²) in [5, 5.41) is 10.4. The van der Waals surface area contributed by atoms with Gasteiger partial charge in [0.15, 0.2) is 0 Å². The van der Waals surface area contributed by atoms with Crippen LogP contribution in [0.3, 0.4) is 0 Å². The van der Waals surface area contributed by atoms with E-state index >= 15 is 0 Å². The van der Waals surface area contributed by atoms with Gasteiger partial charge in [0.05, 0.1) is 25.4 Å². The third-order valence-electron chi connectivity index (χ3n) is 3.05. The van der Waals surface area contributed by atoms with Crippen molar-refractivity contribution in [3.05, 3.63) is 0 Å². The molecular formula is C14H27NO4. The van der Waals surface area contributed by atoms with Crippen LogP contribution in [0.4, 0.5) is 4.79 Å². The number of hydrogen-bond acceptors (Lipinski definition) is 4. The second-order valence-corrected chi connectivity index (χ2v) is 7.13. The Kier molecular flexibility index (Phi) is 4.85. The van der Waals surface area contributed by atoms with Crippen molar-refractivity contribution in [2.24, 2.45) is 5.41 Å². The molecule has 1 aliphatic rings. The minimum Gasteiger partial charge on any atom is -0.444 e. The Labute approximate surface area is 115 Å². The van der Waals surface area contributed by atoms with E-state index < -0.39 is 11.7 Å². The van der Waals surface area contributed by atoms with Gasteiger partial charge in [0.25, 0.3) is 0 Å². The van der Waals surface area contributed by atoms with Gasteiger partial charge < -0.3 is 14.6 Å². The monoisotopic (exact) mass is 273 g/mol. The zero-order chi connectivity index (χ0) is 14.8. The molecule has 19 heavy (non-hydrogen) atoms. The Bertz CT molecular complexity index is 316. The van der Waals surface area contributed by atoms with Crippen LogP contribution >= 0.6 is 0 Å². The van der Waals surface area contributed by atoms with Crippen LogP contribution in [0.15, 0.2) is 0 Å². The Morgan fingerprint density at radius 2 is 1.89 bits per heavy atom. The van der Waals surface area contributed by atoms with Crippen LogP contribution in [0.1, 0.15) is 41.5 Å². The maximum atomic E-state index is 12.2. The van der Waals surface area contributed by atoms with Crippen LogP contribution < -0.4 is 0 Å². The second-order valence-electron chi connectivity index (χ2n) is 7.13. The molecule has 1 heterocycles. The molecule has 0 aromatic heterocycles. The number of amides is 1. The van der Waals surface area contributed by atoms with Crippen molar-refractivity contribution >= 4 is 6.09 Å². The molecular weight excluding hydrogens is 246 g/mol. The Morgan fingerprint density at radius 3 is 2.37 bits per heavy atom. The molecule has 5 nitrogen and oxygen atoms in total. The first-order valence-corrected chi connectivity index (χ1v) is 6.78. The Balaban J connectivity index is 2.81. The third kappa shape index (κ3) is 4.66. The van der Waals surface area contributed by atoms with Crippen molar-refractivity contribution in [1.82, 2.24) is 4.90 Å². The average Bonchev–Trinajstić information content (AvgIpc) is 2.24. The van der Waals surface area contributed by atoms with Crippen LogP contribution in [0.25, 0.3) is 0 Å². The van der Waals surface area contributed by atoms with Crippen molar-refractivity contribution in [3.8, 4) is 0 Å². The quantitative estimate of drug-likeness (QED) is 0.794. The topological polar surface area (TPSA) is 59.0 Å². The summed E-state index contributed by atoms with van der Waals surface area (Å²) in [6.07, 6.45) is -1.04. The summed E-state index contributed by atoms with van der Waals surface area (Å²) in [5.41, 5.74) is -0.849. The van der Waals surface area contributed by atoms with Crippen molar-refractivity contribution < 1.29 is 19.4 Å². The summed E-state index contributed by atoms with van der Waals surface area (Å²) >= 11 is 0. The first kappa shape index (κ1) is 16.2. The summed E-state index contributed by atoms with van der Waals surface area (Å²) in [5.74, 6) is 0. The number of ether oxygens (including phenoxy) is 2. The highest BCUT2D eigenvalue weighted by atomic mass is 16.6. The SMILES string of the molecule is CC(C)(C)OC(=O)N1CCOCC1C(O)C(C)(C)C. The molecule has 0 spiro atoms. The van der Waals surface area contributed by atoms with Gasteiger partial charge in [0.1, 0.15) is 5.60 Å². The predicted molar refractivity (Wildman–Crippen MR) is 73.0 cm³/mol. The minimum absolute atomic E-state index is 0.314. The van der Waals surface area contributed by atoms with Crippen LogP contribution in [-0.2, 0) is 9.47 Å². The molecule has 1 saturated heterocycles. The van der Waals surface area contributed by atoms with E-state index in [9.17, 15) is 9.90 Å². The molecule has 1 rings (SSSR count). The van der Waals surface area contributed by atoms with Gasteiger partial charge in [-0.15, -0.1) is 0 Å². The van der Waals surface area contributed by atoms with Gasteiger partial charge >= 0.3 is 6.09 Å². The molecule has 2 atom stereocenters. The number of nitrogens with zero attached hydrogens (tertiary/aromatic N) is 1. The standard InChI is InChI=1S/C14H27NO4/c1-13(2,3)11(16)10-9-18-8-7-15(10)12(17)19-14(4,5)6/h10-11,16H,7-9H2,1-6H3. The number of aliphatic hydroxyl groups excluding tert-OH is 1. The zero-order valence-corrected chi connectivity index (χ0v) is 12.9. The molecule has 1 amide bonds. The lowest BCUT2D eigenvalue weighted by atomic mass is 9.84. The number of carbonyl (C=O) groups is 1. The lowest BCUT2D eigenvalue weighted by molar-refractivity contribution is -0.0912. The highest BCUT2D eigenvalue weighted by Gasteiger charge is 2.39. The fourth-order valence-electron chi connectivity index (χ4n) is 2.01. The van der Waals surface area contributed by atoms with E-state index in [-0.39, 0.29) is 17.6 Å². The molecule has 0 aliphatic carbocycles. The zero-order valence-electron chi connectivity index (χ0n) is 12.9. The van der Waals surface area contributed by atoms with Crippen LogP contribution in [0, 0.1) is 5.41 Å². The molecule has 0 bridgehead atoms. The van der Waals surface area contributed by atoms with E-state index in [1.165, 1.54) is 0 Å². The number of carbonyl (C=O) groups excluding carboxylic acids is 1. The lowest BCUT2D eigenvalue weighted by Gasteiger charge is -2.42. The van der Waals surface area contributed by atoms with Crippen molar-refractivity contribution in [1.29, 1.82) is 0 Å². The van der Waals surface area contributed by atoms with Gasteiger partial charge in [-0.05, 0) is 26.2 Å². The molecule has 0 radical (unpaired) electrons. The maximum absolute atomic E-state index is 12.2. The highest BCUT2D eigenvalue weighted by molar-refractivity contribution is 5.68. The van der Waals surface area contributed by atoms with Crippen molar-refractivity contribution in [2.45, 2.75) is 59.3 Å². The van der Waals surface area contributed by atoms with E-state index in [0.29, 0.717) is 19.8 Å². The van der Waals surface area contributed by atoms with E-state index in [0.717, 1.165) is 0 Å². The fourth-order valence-corrected chi connectivity index (χ4v) is 2.01. The number of hydrogen-bond donors (Lipinski definition) is 1. The first-order valence-electron chi connectivity index (χ1n) is 6.78. The molecule has 0 saturated carbocycles. The van der Waals surface area contributed by atoms with Crippen molar-refractivity contribution in [2.75, 3.05) is 19.8 Å². The van der Waals surface area contributed by atoms with Gasteiger partial charge in [0.2, 0.25) is 0 Å². The van der Waals surface area contributed by atoms with E-state index in [1.807, 2.05) is 41.5 Å². The first-order chi connectivity index (χ1) is 8.52. The molecule has 1 N–H and O–H groups in total. The molecule has 1 aliphatic heterocycles. The molecule has 5 heteroatoms. The molecule has 1 fully saturated rings. The second kappa shape index (κ2) is 5.67. The average molecular weight is 273 g/mol. The van der Waals surface area contributed by atoms with E-state index in [1.54, 1.807) is 4.90 Å². The predicted octanol–water partition coefficient (Wildman–Crippen LogP) is 2.03. The molecule has 0 aromatic carbocycles. The van der Waals surface area contributed by atoms with Gasteiger partial charge in [-0.2, -0.15) is 0 Å². The largest absolute Gasteiger partial charge is 0.444 e. The summed E-state index contributed by atoms with van der Waals surface area (Å²) in [6, 6.07) is -0.358. The summed E-state index contributed by atoms with van der Waals surface area (Å²) in [7, 11) is 0. The number of aliphatic hydroxyl groups is 1. The van der Waals surface area contributed by atoms with Gasteiger partial charge in [0, 0.05) is 6.54 Å². The molecule has 2 unspecified atom stereocenters. The fraction of sp³-hybridized carbons (Fsp3) is 0.929. The van der Waals surface area contributed by atoms with Gasteiger partial charge in [-0.1, -0.05) is 20.8 Å². The summed E-state index contributed by atoms with van der Waals surface area (Å²) < 4.78 is 10.8.